The SMILES string of the molecule is C[C@H](NC(=O)[C@H](CO)NC(=O)[C@H](Cc1ccccc1)NC(=O)CNC(=O)[C@@H]1CCCN1C(=O)[C@@H]1CCCN1C(=O)[C@@H](N)CCCN=C(N)N)C(=O)N[C@@H](Cc1ccccc1)C(=O)N[C@@H](CCCCN)C(=O)O. The number of hydrogen-bond donors (Lipinski definition) is 12. The first-order valence-corrected chi connectivity index (χ1v) is 24.3. The number of amides is 8. The van der Waals surface area contributed by atoms with Gasteiger partial charge in [-0.2, -0.15) is 0 Å². The molecule has 394 valence electrons. The van der Waals surface area contributed by atoms with E-state index in [2.05, 4.69) is 36.9 Å². The van der Waals surface area contributed by atoms with Crippen LogP contribution in [0.3, 0.4) is 0 Å². The van der Waals surface area contributed by atoms with E-state index in [0.717, 1.165) is 0 Å². The second kappa shape index (κ2) is 29.2. The van der Waals surface area contributed by atoms with E-state index >= 15 is 0 Å². The number of carboxylic acids is 1. The number of nitrogens with one attached hydrogen (secondary N) is 6. The highest BCUT2D eigenvalue weighted by Gasteiger charge is 2.43. The Morgan fingerprint density at radius 2 is 1.22 bits per heavy atom. The number of aliphatic hydroxyl groups excluding tert-OH is 1. The van der Waals surface area contributed by atoms with Crippen molar-refractivity contribution in [3.63, 3.8) is 0 Å². The summed E-state index contributed by atoms with van der Waals surface area (Å²) in [6, 6.07) is 7.81. The number of carbonyl (C=O) groups is 9. The zero-order chi connectivity index (χ0) is 52.7. The van der Waals surface area contributed by atoms with Crippen LogP contribution in [0.25, 0.3) is 0 Å². The number of carbonyl (C=O) groups excluding carboxylic acids is 8. The Balaban J connectivity index is 1.36. The molecule has 4 rings (SSSR count). The largest absolute Gasteiger partial charge is 0.480 e. The minimum absolute atomic E-state index is 0.0233. The molecule has 0 saturated carbocycles. The van der Waals surface area contributed by atoms with Crippen molar-refractivity contribution in [3.8, 4) is 0 Å². The normalized spacial score (nSPS) is 17.7. The molecule has 24 heteroatoms. The van der Waals surface area contributed by atoms with Crippen molar-refractivity contribution in [2.75, 3.05) is 39.3 Å². The van der Waals surface area contributed by atoms with Crippen molar-refractivity contribution in [1.29, 1.82) is 0 Å². The zero-order valence-corrected chi connectivity index (χ0v) is 40.6. The summed E-state index contributed by atoms with van der Waals surface area (Å²) in [6.45, 7) is 1.01. The molecule has 2 aliphatic rings. The van der Waals surface area contributed by atoms with Gasteiger partial charge < -0.3 is 74.8 Å². The second-order valence-electron chi connectivity index (χ2n) is 17.9. The van der Waals surface area contributed by atoms with Crippen molar-refractivity contribution in [3.05, 3.63) is 71.8 Å². The maximum absolute atomic E-state index is 13.9. The number of hydrogen-bond acceptors (Lipinski definition) is 13. The molecule has 2 aliphatic heterocycles. The van der Waals surface area contributed by atoms with Crippen molar-refractivity contribution < 1.29 is 53.4 Å². The van der Waals surface area contributed by atoms with Gasteiger partial charge in [-0.05, 0) is 82.4 Å². The Labute approximate surface area is 418 Å². The molecule has 0 aliphatic carbocycles. The van der Waals surface area contributed by atoms with Crippen LogP contribution in [0.1, 0.15) is 75.8 Å². The fourth-order valence-corrected chi connectivity index (χ4v) is 8.45. The van der Waals surface area contributed by atoms with Crippen LogP contribution in [0.5, 0.6) is 0 Å². The second-order valence-corrected chi connectivity index (χ2v) is 17.9. The smallest absolute Gasteiger partial charge is 0.326 e. The van der Waals surface area contributed by atoms with Crippen LogP contribution in [0, 0.1) is 0 Å². The Bertz CT molecular complexity index is 2200. The lowest BCUT2D eigenvalue weighted by molar-refractivity contribution is -0.147. The van der Waals surface area contributed by atoms with Gasteiger partial charge in [0, 0.05) is 32.5 Å². The molecule has 2 fully saturated rings. The fourth-order valence-electron chi connectivity index (χ4n) is 8.45. The molecule has 0 aromatic heterocycles. The molecule has 0 spiro atoms. The van der Waals surface area contributed by atoms with E-state index in [-0.39, 0.29) is 37.7 Å². The summed E-state index contributed by atoms with van der Waals surface area (Å²) in [4.78, 5) is 127. The van der Waals surface area contributed by atoms with Crippen LogP contribution < -0.4 is 54.8 Å². The molecule has 0 bridgehead atoms. The first kappa shape index (κ1) is 57.4. The summed E-state index contributed by atoms with van der Waals surface area (Å²) in [5.41, 5.74) is 23.7. The maximum atomic E-state index is 13.9. The summed E-state index contributed by atoms with van der Waals surface area (Å²) in [6.07, 6.45) is 3.50. The van der Waals surface area contributed by atoms with E-state index in [1.807, 2.05) is 0 Å². The maximum Gasteiger partial charge on any atom is 0.326 e. The molecule has 2 heterocycles. The number of unbranched alkanes of at least 4 members (excludes halogenated alkanes) is 1. The molecule has 2 aromatic carbocycles. The van der Waals surface area contributed by atoms with Gasteiger partial charge in [0.25, 0.3) is 0 Å². The van der Waals surface area contributed by atoms with E-state index < -0.39 is 109 Å². The van der Waals surface area contributed by atoms with Crippen LogP contribution in [0.15, 0.2) is 65.7 Å². The average molecular weight is 1010 g/mol. The lowest BCUT2D eigenvalue weighted by Crippen LogP contribution is -2.59. The summed E-state index contributed by atoms with van der Waals surface area (Å²) in [5, 5.41) is 35.0. The Hall–Kier alpha value is -7.18. The van der Waals surface area contributed by atoms with Gasteiger partial charge in [-0.25, -0.2) is 4.79 Å². The first-order chi connectivity index (χ1) is 34.4. The van der Waals surface area contributed by atoms with Gasteiger partial charge in [0.1, 0.15) is 42.3 Å². The highest BCUT2D eigenvalue weighted by atomic mass is 16.4. The molecular formula is C48H71N13O11. The standard InChI is InChI=1S/C48H71N13O11/c1-29(40(64)58-35(26-31-15-6-3-7-16-31)42(66)57-33(47(71)72)18-8-9-21-49)55-43(67)36(28-62)59-41(65)34(25-30-13-4-2-5-14-30)56-39(63)27-54-44(68)37-19-11-23-60(37)46(70)38-20-12-24-61(38)45(69)32(50)17-10-22-53-48(51)52/h2-7,13-16,29,32-38,62H,8-12,17-28,49-50H2,1H3,(H,54,68)(H,55,67)(H,56,63)(H,57,66)(H,58,64)(H,59,65)(H,71,72)(H4,51,52,53)/t29-,32-,33-,34-,35-,36-,37-,38-/m0/s1. The third-order valence-electron chi connectivity index (χ3n) is 12.3. The number of guanidine groups is 1. The zero-order valence-electron chi connectivity index (χ0n) is 40.6. The van der Waals surface area contributed by atoms with Crippen molar-refractivity contribution in [2.45, 2.75) is 126 Å². The van der Waals surface area contributed by atoms with E-state index in [4.69, 9.17) is 22.9 Å². The van der Waals surface area contributed by atoms with Crippen LogP contribution in [-0.2, 0) is 56.0 Å². The molecule has 0 unspecified atom stereocenters. The lowest BCUT2D eigenvalue weighted by atomic mass is 10.0. The highest BCUT2D eigenvalue weighted by molar-refractivity contribution is 5.97. The van der Waals surface area contributed by atoms with Crippen LogP contribution in [0.2, 0.25) is 0 Å². The summed E-state index contributed by atoms with van der Waals surface area (Å²) in [5.74, 6) is -7.00. The van der Waals surface area contributed by atoms with Crippen LogP contribution >= 0.6 is 0 Å². The van der Waals surface area contributed by atoms with Crippen molar-refractivity contribution in [2.24, 2.45) is 27.9 Å². The third-order valence-corrected chi connectivity index (χ3v) is 12.3. The molecule has 2 saturated heterocycles. The highest BCUT2D eigenvalue weighted by Crippen LogP contribution is 2.26. The summed E-state index contributed by atoms with van der Waals surface area (Å²) >= 11 is 0. The topological polar surface area (TPSA) is 389 Å². The van der Waals surface area contributed by atoms with Crippen LogP contribution in [-0.4, -0.2) is 167 Å². The lowest BCUT2D eigenvalue weighted by Gasteiger charge is -2.32. The van der Waals surface area contributed by atoms with Crippen LogP contribution in [0.4, 0.5) is 0 Å². The van der Waals surface area contributed by atoms with E-state index in [0.29, 0.717) is 82.1 Å². The predicted molar refractivity (Wildman–Crippen MR) is 264 cm³/mol. The Kier molecular flexibility index (Phi) is 23.3. The fraction of sp³-hybridized carbons (Fsp3) is 0.542. The molecule has 8 amide bonds. The van der Waals surface area contributed by atoms with Gasteiger partial charge in [-0.1, -0.05) is 60.7 Å². The van der Waals surface area contributed by atoms with Gasteiger partial charge in [-0.15, -0.1) is 0 Å². The van der Waals surface area contributed by atoms with Crippen molar-refractivity contribution in [1.82, 2.24) is 41.7 Å². The van der Waals surface area contributed by atoms with Gasteiger partial charge in [0.05, 0.1) is 19.2 Å². The average Bonchev–Trinajstić information content (AvgIpc) is 4.07. The number of carboxylic acid groups (broad SMARTS) is 1. The number of rotatable bonds is 28. The van der Waals surface area contributed by atoms with Gasteiger partial charge in [0.15, 0.2) is 5.96 Å². The monoisotopic (exact) mass is 1010 g/mol. The quantitative estimate of drug-likeness (QED) is 0.0225. The minimum Gasteiger partial charge on any atom is -0.480 e. The molecule has 72 heavy (non-hydrogen) atoms. The van der Waals surface area contributed by atoms with Crippen molar-refractivity contribution >= 4 is 59.2 Å². The van der Waals surface area contributed by atoms with E-state index in [1.165, 1.54) is 16.7 Å². The number of aliphatic imine (C=N–C) groups is 1. The number of benzene rings is 2. The predicted octanol–water partition coefficient (Wildman–Crippen LogP) is -3.40. The number of aliphatic hydroxyl groups is 1. The minimum atomic E-state index is -1.63. The van der Waals surface area contributed by atoms with Gasteiger partial charge >= 0.3 is 5.97 Å². The molecule has 8 atom stereocenters. The van der Waals surface area contributed by atoms with Gasteiger partial charge in [-0.3, -0.25) is 43.3 Å². The van der Waals surface area contributed by atoms with E-state index in [9.17, 15) is 53.4 Å². The summed E-state index contributed by atoms with van der Waals surface area (Å²) < 4.78 is 0. The third kappa shape index (κ3) is 17.9. The van der Waals surface area contributed by atoms with E-state index in [1.54, 1.807) is 60.7 Å². The molecule has 2 aromatic rings. The number of aliphatic carboxylic acids is 1. The number of nitrogens with zero attached hydrogens (tertiary/aromatic N) is 3. The molecule has 16 N–H and O–H groups in total. The van der Waals surface area contributed by atoms with Gasteiger partial charge in [0.2, 0.25) is 47.3 Å². The first-order valence-electron chi connectivity index (χ1n) is 24.3. The Morgan fingerprint density at radius 3 is 1.79 bits per heavy atom. The molecular weight excluding hydrogens is 935 g/mol. The Morgan fingerprint density at radius 1 is 0.681 bits per heavy atom. The molecule has 0 radical (unpaired) electrons. The summed E-state index contributed by atoms with van der Waals surface area (Å²) in [7, 11) is 0. The number of likely N-dealkylation sites (tertiary alicyclic amines) is 2. The molecule has 24 nitrogen and oxygen atoms in total. The number of nitrogens with two attached hydrogens (primary N) is 4.